The maximum absolute atomic E-state index is 13.6. The maximum atomic E-state index is 13.6. The Morgan fingerprint density at radius 3 is 2.41 bits per heavy atom. The van der Waals surface area contributed by atoms with Crippen molar-refractivity contribution < 1.29 is 4.79 Å². The van der Waals surface area contributed by atoms with E-state index < -0.39 is 0 Å². The van der Waals surface area contributed by atoms with Gasteiger partial charge in [0.15, 0.2) is 5.69 Å². The number of rotatable bonds is 4. The molecule has 1 saturated heterocycles. The molecule has 7 nitrogen and oxygen atoms in total. The Bertz CT molecular complexity index is 1330. The molecule has 2 aromatic carbocycles. The minimum absolute atomic E-state index is 0.141. The highest BCUT2D eigenvalue weighted by atomic mass is 35.5. The molecule has 1 amide bonds. The third kappa shape index (κ3) is 4.03. The van der Waals surface area contributed by atoms with Gasteiger partial charge < -0.3 is 9.80 Å². The van der Waals surface area contributed by atoms with E-state index in [2.05, 4.69) is 52.2 Å². The quantitative estimate of drug-likeness (QED) is 0.435. The fraction of sp³-hybridized carbons (Fsp3) is 0.231. The summed E-state index contributed by atoms with van der Waals surface area (Å²) in [4.78, 5) is 22.1. The third-order valence-corrected chi connectivity index (χ3v) is 6.69. The first-order valence-corrected chi connectivity index (χ1v) is 11.6. The number of nitrogens with zero attached hydrogens (tertiary/aromatic N) is 6. The summed E-state index contributed by atoms with van der Waals surface area (Å²) in [7, 11) is 0. The van der Waals surface area contributed by atoms with Crippen molar-refractivity contribution in [3.05, 3.63) is 88.8 Å². The molecule has 1 aliphatic rings. The van der Waals surface area contributed by atoms with Gasteiger partial charge >= 0.3 is 0 Å². The summed E-state index contributed by atoms with van der Waals surface area (Å²) in [6, 6.07) is 17.5. The van der Waals surface area contributed by atoms with Crippen molar-refractivity contribution >= 4 is 23.2 Å². The number of aromatic nitrogens is 4. The molecule has 0 saturated carbocycles. The number of carbonyl (C=O) groups excluding carboxylic acids is 1. The smallest absolute Gasteiger partial charge is 0.276 e. The molecular formula is C26H25ClN6O. The Morgan fingerprint density at radius 1 is 0.912 bits per heavy atom. The normalized spacial score (nSPS) is 13.9. The molecule has 172 valence electrons. The van der Waals surface area contributed by atoms with Crippen LogP contribution in [0.4, 0.5) is 5.69 Å². The molecule has 5 rings (SSSR count). The first-order chi connectivity index (χ1) is 16.5. The fourth-order valence-corrected chi connectivity index (χ4v) is 4.57. The van der Waals surface area contributed by atoms with Crippen LogP contribution in [0.5, 0.6) is 0 Å². The van der Waals surface area contributed by atoms with E-state index in [1.54, 1.807) is 23.1 Å². The Kier molecular flexibility index (Phi) is 6.02. The van der Waals surface area contributed by atoms with Crippen molar-refractivity contribution in [2.75, 3.05) is 31.1 Å². The van der Waals surface area contributed by atoms with Crippen LogP contribution >= 0.6 is 11.6 Å². The van der Waals surface area contributed by atoms with Crippen molar-refractivity contribution in [1.29, 1.82) is 0 Å². The molecule has 3 heterocycles. The minimum Gasteiger partial charge on any atom is -0.368 e. The van der Waals surface area contributed by atoms with Gasteiger partial charge in [0.05, 0.1) is 10.7 Å². The van der Waals surface area contributed by atoms with Crippen molar-refractivity contribution in [3.63, 3.8) is 0 Å². The second-order valence-corrected chi connectivity index (χ2v) is 8.80. The largest absolute Gasteiger partial charge is 0.368 e. The summed E-state index contributed by atoms with van der Waals surface area (Å²) in [5.74, 6) is -0.141. The molecule has 0 bridgehead atoms. The van der Waals surface area contributed by atoms with E-state index in [0.717, 1.165) is 18.7 Å². The van der Waals surface area contributed by atoms with E-state index in [4.69, 9.17) is 11.6 Å². The zero-order valence-electron chi connectivity index (χ0n) is 19.1. The molecule has 2 aromatic heterocycles. The molecule has 0 N–H and O–H groups in total. The van der Waals surface area contributed by atoms with Crippen LogP contribution in [0.25, 0.3) is 16.9 Å². The van der Waals surface area contributed by atoms with E-state index >= 15 is 0 Å². The molecule has 0 spiro atoms. The molecule has 0 radical (unpaired) electrons. The van der Waals surface area contributed by atoms with Crippen LogP contribution in [0.15, 0.2) is 67.0 Å². The number of carbonyl (C=O) groups is 1. The molecule has 0 atom stereocenters. The number of anilines is 1. The van der Waals surface area contributed by atoms with Gasteiger partial charge in [-0.05, 0) is 55.3 Å². The van der Waals surface area contributed by atoms with Crippen molar-refractivity contribution in [2.24, 2.45) is 0 Å². The number of hydrogen-bond donors (Lipinski definition) is 0. The Morgan fingerprint density at radius 2 is 1.68 bits per heavy atom. The highest BCUT2D eigenvalue weighted by Gasteiger charge is 2.29. The Hall–Kier alpha value is -3.71. The SMILES string of the molecule is Cc1cccc(N2CCN(C(=O)c3nnn(-c4ccccc4Cl)c3-c3cccnc3)CC2)c1C. The van der Waals surface area contributed by atoms with E-state index in [1.165, 1.54) is 16.8 Å². The molecule has 0 unspecified atom stereocenters. The summed E-state index contributed by atoms with van der Waals surface area (Å²) in [6.07, 6.45) is 3.41. The second kappa shape index (κ2) is 9.27. The average molecular weight is 473 g/mol. The lowest BCUT2D eigenvalue weighted by Gasteiger charge is -2.36. The number of pyridine rings is 1. The monoisotopic (exact) mass is 472 g/mol. The number of para-hydroxylation sites is 1. The number of benzene rings is 2. The summed E-state index contributed by atoms with van der Waals surface area (Å²) in [6.45, 7) is 7.01. The molecule has 34 heavy (non-hydrogen) atoms. The lowest BCUT2D eigenvalue weighted by Crippen LogP contribution is -2.49. The standard InChI is InChI=1S/C26H25ClN6O/c1-18-7-5-11-22(19(18)2)31-13-15-32(16-14-31)26(34)24-25(20-8-6-12-28-17-20)33(30-29-24)23-10-4-3-9-21(23)27/h3-12,17H,13-16H2,1-2H3. The zero-order valence-corrected chi connectivity index (χ0v) is 19.9. The Labute approximate surface area is 203 Å². The van der Waals surface area contributed by atoms with Crippen LogP contribution in [0.1, 0.15) is 21.6 Å². The molecule has 1 aliphatic heterocycles. The summed E-state index contributed by atoms with van der Waals surface area (Å²) in [5.41, 5.74) is 6.08. The third-order valence-electron chi connectivity index (χ3n) is 6.37. The number of piperazine rings is 1. The van der Waals surface area contributed by atoms with E-state index in [9.17, 15) is 4.79 Å². The highest BCUT2D eigenvalue weighted by Crippen LogP contribution is 2.30. The molecule has 4 aromatic rings. The van der Waals surface area contributed by atoms with Gasteiger partial charge in [0.25, 0.3) is 5.91 Å². The van der Waals surface area contributed by atoms with Crippen LogP contribution in [0.3, 0.4) is 0 Å². The zero-order chi connectivity index (χ0) is 23.7. The summed E-state index contributed by atoms with van der Waals surface area (Å²) < 4.78 is 1.62. The highest BCUT2D eigenvalue weighted by molar-refractivity contribution is 6.32. The van der Waals surface area contributed by atoms with Crippen molar-refractivity contribution in [2.45, 2.75) is 13.8 Å². The number of hydrogen-bond acceptors (Lipinski definition) is 5. The average Bonchev–Trinajstić information content (AvgIpc) is 3.31. The molecule has 8 heteroatoms. The number of amides is 1. The van der Waals surface area contributed by atoms with E-state index in [1.807, 2.05) is 35.2 Å². The predicted octanol–water partition coefficient (Wildman–Crippen LogP) is 4.56. The molecule has 1 fully saturated rings. The van der Waals surface area contributed by atoms with Gasteiger partial charge in [-0.15, -0.1) is 5.10 Å². The van der Waals surface area contributed by atoms with Crippen LogP contribution in [-0.2, 0) is 0 Å². The lowest BCUT2D eigenvalue weighted by molar-refractivity contribution is 0.0741. The lowest BCUT2D eigenvalue weighted by atomic mass is 10.1. The van der Waals surface area contributed by atoms with E-state index in [-0.39, 0.29) is 5.91 Å². The van der Waals surface area contributed by atoms with Gasteiger partial charge in [0.2, 0.25) is 0 Å². The summed E-state index contributed by atoms with van der Waals surface area (Å²) >= 11 is 6.45. The van der Waals surface area contributed by atoms with Gasteiger partial charge in [0, 0.05) is 49.8 Å². The van der Waals surface area contributed by atoms with E-state index in [0.29, 0.717) is 35.2 Å². The van der Waals surface area contributed by atoms with Gasteiger partial charge in [-0.3, -0.25) is 9.78 Å². The van der Waals surface area contributed by atoms with Crippen LogP contribution in [0.2, 0.25) is 5.02 Å². The second-order valence-electron chi connectivity index (χ2n) is 8.39. The number of aryl methyl sites for hydroxylation is 1. The fourth-order valence-electron chi connectivity index (χ4n) is 4.36. The molecule has 0 aliphatic carbocycles. The number of halogens is 1. The van der Waals surface area contributed by atoms with Gasteiger partial charge in [-0.1, -0.05) is 41.1 Å². The predicted molar refractivity (Wildman–Crippen MR) is 134 cm³/mol. The van der Waals surface area contributed by atoms with Gasteiger partial charge in [-0.2, -0.15) is 0 Å². The topological polar surface area (TPSA) is 67.2 Å². The summed E-state index contributed by atoms with van der Waals surface area (Å²) in [5, 5.41) is 9.16. The van der Waals surface area contributed by atoms with Crippen LogP contribution in [-0.4, -0.2) is 57.0 Å². The molecular weight excluding hydrogens is 448 g/mol. The van der Waals surface area contributed by atoms with Crippen LogP contribution < -0.4 is 4.90 Å². The minimum atomic E-state index is -0.141. The Balaban J connectivity index is 1.45. The van der Waals surface area contributed by atoms with Gasteiger partial charge in [-0.25, -0.2) is 4.68 Å². The van der Waals surface area contributed by atoms with Gasteiger partial charge in [0.1, 0.15) is 5.69 Å². The van der Waals surface area contributed by atoms with Crippen molar-refractivity contribution in [3.8, 4) is 16.9 Å². The first kappa shape index (κ1) is 22.1. The van der Waals surface area contributed by atoms with Crippen molar-refractivity contribution in [1.82, 2.24) is 24.9 Å². The maximum Gasteiger partial charge on any atom is 0.276 e. The van der Waals surface area contributed by atoms with Crippen LogP contribution in [0, 0.1) is 13.8 Å². The first-order valence-electron chi connectivity index (χ1n) is 11.3.